The van der Waals surface area contributed by atoms with Gasteiger partial charge in [-0.25, -0.2) is 4.98 Å². The minimum Gasteiger partial charge on any atom is -0.253 e. The third kappa shape index (κ3) is 4.25. The van der Waals surface area contributed by atoms with E-state index in [4.69, 9.17) is 28.2 Å². The highest BCUT2D eigenvalue weighted by atomic mass is 35.5. The van der Waals surface area contributed by atoms with Gasteiger partial charge in [0.15, 0.2) is 0 Å². The van der Waals surface area contributed by atoms with Crippen LogP contribution in [0.1, 0.15) is 5.56 Å². The minimum absolute atomic E-state index is 0.652. The van der Waals surface area contributed by atoms with Gasteiger partial charge in [0.1, 0.15) is 0 Å². The van der Waals surface area contributed by atoms with Crippen molar-refractivity contribution in [2.75, 3.05) is 5.43 Å². The highest BCUT2D eigenvalue weighted by Gasteiger charge is 2.14. The predicted molar refractivity (Wildman–Crippen MR) is 121 cm³/mol. The highest BCUT2D eigenvalue weighted by Crippen LogP contribution is 2.39. The van der Waals surface area contributed by atoms with Crippen LogP contribution in [0.2, 0.25) is 10.0 Å². The molecule has 0 saturated carbocycles. The van der Waals surface area contributed by atoms with Crippen molar-refractivity contribution in [3.8, 4) is 21.7 Å². The van der Waals surface area contributed by atoms with Crippen LogP contribution >= 0.6 is 34.5 Å². The van der Waals surface area contributed by atoms with Gasteiger partial charge in [-0.3, -0.25) is 5.43 Å². The van der Waals surface area contributed by atoms with Crippen LogP contribution in [0.25, 0.3) is 21.7 Å². The van der Waals surface area contributed by atoms with E-state index < -0.39 is 0 Å². The summed E-state index contributed by atoms with van der Waals surface area (Å²) in [7, 11) is 0. The van der Waals surface area contributed by atoms with Gasteiger partial charge in [0.2, 0.25) is 5.13 Å². The first-order valence-corrected chi connectivity index (χ1v) is 10.1. The van der Waals surface area contributed by atoms with Gasteiger partial charge < -0.3 is 0 Å². The third-order valence-electron chi connectivity index (χ3n) is 4.05. The second-order valence-corrected chi connectivity index (χ2v) is 7.80. The average Bonchev–Trinajstić information content (AvgIpc) is 3.15. The van der Waals surface area contributed by atoms with Gasteiger partial charge in [-0.15, -0.1) is 0 Å². The number of hydrogen-bond acceptors (Lipinski definition) is 4. The zero-order valence-electron chi connectivity index (χ0n) is 14.6. The lowest BCUT2D eigenvalue weighted by Gasteiger charge is -2.02. The Morgan fingerprint density at radius 2 is 1.54 bits per heavy atom. The second-order valence-electron chi connectivity index (χ2n) is 5.96. The van der Waals surface area contributed by atoms with E-state index in [1.165, 1.54) is 0 Å². The first-order valence-electron chi connectivity index (χ1n) is 8.56. The molecule has 6 heteroatoms. The van der Waals surface area contributed by atoms with Crippen molar-refractivity contribution in [3.63, 3.8) is 0 Å². The van der Waals surface area contributed by atoms with Gasteiger partial charge in [-0.1, -0.05) is 95.2 Å². The summed E-state index contributed by atoms with van der Waals surface area (Å²) >= 11 is 13.8. The number of nitrogens with one attached hydrogen (secondary N) is 1. The highest BCUT2D eigenvalue weighted by molar-refractivity contribution is 7.19. The summed E-state index contributed by atoms with van der Waals surface area (Å²) in [6.07, 6.45) is 1.69. The Morgan fingerprint density at radius 3 is 2.29 bits per heavy atom. The molecule has 0 spiro atoms. The van der Waals surface area contributed by atoms with E-state index in [-0.39, 0.29) is 0 Å². The third-order valence-corrected chi connectivity index (χ3v) is 5.66. The van der Waals surface area contributed by atoms with E-state index >= 15 is 0 Å². The van der Waals surface area contributed by atoms with Crippen molar-refractivity contribution in [2.24, 2.45) is 5.10 Å². The predicted octanol–water partition coefficient (Wildman–Crippen LogP) is 7.23. The van der Waals surface area contributed by atoms with Gasteiger partial charge in [0.05, 0.1) is 16.8 Å². The molecule has 4 rings (SSSR count). The zero-order valence-corrected chi connectivity index (χ0v) is 17.0. The lowest BCUT2D eigenvalue weighted by molar-refractivity contribution is 1.29. The van der Waals surface area contributed by atoms with Crippen LogP contribution < -0.4 is 5.43 Å². The van der Waals surface area contributed by atoms with Crippen molar-refractivity contribution >= 4 is 45.9 Å². The van der Waals surface area contributed by atoms with Crippen LogP contribution in [0.4, 0.5) is 5.13 Å². The Balaban J connectivity index is 1.67. The molecule has 1 heterocycles. The summed E-state index contributed by atoms with van der Waals surface area (Å²) in [6, 6.07) is 25.4. The van der Waals surface area contributed by atoms with E-state index in [0.29, 0.717) is 15.2 Å². The molecule has 0 bridgehead atoms. The number of thiazole rings is 1. The van der Waals surface area contributed by atoms with Crippen LogP contribution in [-0.2, 0) is 0 Å². The van der Waals surface area contributed by atoms with E-state index in [1.54, 1.807) is 17.6 Å². The Hall–Kier alpha value is -2.66. The van der Waals surface area contributed by atoms with E-state index in [2.05, 4.69) is 10.5 Å². The SMILES string of the molecule is Clc1ccc(-c2sc(N/N=C\c3ccccc3Cl)nc2-c2ccccc2)cc1. The van der Waals surface area contributed by atoms with E-state index in [9.17, 15) is 0 Å². The van der Waals surface area contributed by atoms with Crippen molar-refractivity contribution in [3.05, 3.63) is 94.5 Å². The van der Waals surface area contributed by atoms with E-state index in [0.717, 1.165) is 27.3 Å². The molecule has 1 N–H and O–H groups in total. The summed E-state index contributed by atoms with van der Waals surface area (Å²) in [6.45, 7) is 0. The van der Waals surface area contributed by atoms with E-state index in [1.807, 2.05) is 78.9 Å². The molecule has 0 aliphatic rings. The number of benzene rings is 3. The van der Waals surface area contributed by atoms with Crippen LogP contribution in [-0.4, -0.2) is 11.2 Å². The molecule has 138 valence electrons. The van der Waals surface area contributed by atoms with Gasteiger partial charge >= 0.3 is 0 Å². The molecular weight excluding hydrogens is 409 g/mol. The summed E-state index contributed by atoms with van der Waals surface area (Å²) < 4.78 is 0. The Kier molecular flexibility index (Phi) is 5.72. The van der Waals surface area contributed by atoms with Gasteiger partial charge in [-0.2, -0.15) is 5.10 Å². The number of nitrogens with zero attached hydrogens (tertiary/aromatic N) is 2. The summed E-state index contributed by atoms with van der Waals surface area (Å²) in [5.74, 6) is 0. The summed E-state index contributed by atoms with van der Waals surface area (Å²) in [5.41, 5.74) is 6.88. The smallest absolute Gasteiger partial charge is 0.204 e. The fourth-order valence-electron chi connectivity index (χ4n) is 2.69. The van der Waals surface area contributed by atoms with Crippen LogP contribution in [0.15, 0.2) is 84.0 Å². The Morgan fingerprint density at radius 1 is 0.821 bits per heavy atom. The maximum Gasteiger partial charge on any atom is 0.204 e. The number of halogens is 2. The molecule has 0 fully saturated rings. The molecule has 1 aromatic heterocycles. The standard InChI is InChI=1S/C22H15Cl2N3S/c23-18-12-10-16(11-13-18)21-20(15-6-2-1-3-7-15)26-22(28-21)27-25-14-17-8-4-5-9-19(17)24/h1-14H,(H,26,27)/b25-14-. The summed E-state index contributed by atoms with van der Waals surface area (Å²) in [5, 5.41) is 6.35. The topological polar surface area (TPSA) is 37.3 Å². The van der Waals surface area contributed by atoms with Crippen molar-refractivity contribution in [2.45, 2.75) is 0 Å². The monoisotopic (exact) mass is 423 g/mol. The normalized spacial score (nSPS) is 11.1. The Bertz CT molecular complexity index is 1110. The molecule has 0 aliphatic carbocycles. The first-order chi connectivity index (χ1) is 13.7. The minimum atomic E-state index is 0.652. The lowest BCUT2D eigenvalue weighted by Crippen LogP contribution is -1.90. The van der Waals surface area contributed by atoms with Gasteiger partial charge in [0, 0.05) is 21.2 Å². The molecule has 3 aromatic carbocycles. The maximum atomic E-state index is 6.17. The lowest BCUT2D eigenvalue weighted by atomic mass is 10.1. The Labute approximate surface area is 177 Å². The molecule has 0 aliphatic heterocycles. The fraction of sp³-hybridized carbons (Fsp3) is 0. The summed E-state index contributed by atoms with van der Waals surface area (Å²) in [4.78, 5) is 5.81. The maximum absolute atomic E-state index is 6.17. The first kappa shape index (κ1) is 18.7. The van der Waals surface area contributed by atoms with Crippen molar-refractivity contribution < 1.29 is 0 Å². The molecular formula is C22H15Cl2N3S. The molecule has 4 aromatic rings. The largest absolute Gasteiger partial charge is 0.253 e. The van der Waals surface area contributed by atoms with Gasteiger partial charge in [-0.05, 0) is 23.8 Å². The zero-order chi connectivity index (χ0) is 19.3. The van der Waals surface area contributed by atoms with Crippen LogP contribution in [0, 0.1) is 0 Å². The average molecular weight is 424 g/mol. The van der Waals surface area contributed by atoms with Crippen LogP contribution in [0.3, 0.4) is 0 Å². The second kappa shape index (κ2) is 8.57. The van der Waals surface area contributed by atoms with Crippen molar-refractivity contribution in [1.29, 1.82) is 0 Å². The quantitative estimate of drug-likeness (QED) is 0.271. The molecule has 0 radical (unpaired) electrons. The number of hydrogen-bond donors (Lipinski definition) is 1. The molecule has 0 unspecified atom stereocenters. The molecule has 28 heavy (non-hydrogen) atoms. The van der Waals surface area contributed by atoms with Crippen LogP contribution in [0.5, 0.6) is 0 Å². The van der Waals surface area contributed by atoms with Gasteiger partial charge in [0.25, 0.3) is 0 Å². The molecule has 0 amide bonds. The number of aromatic nitrogens is 1. The fourth-order valence-corrected chi connectivity index (χ4v) is 3.95. The van der Waals surface area contributed by atoms with Crippen molar-refractivity contribution in [1.82, 2.24) is 4.98 Å². The molecule has 0 saturated heterocycles. The number of anilines is 1. The molecule has 0 atom stereocenters. The number of rotatable bonds is 5. The molecule has 3 nitrogen and oxygen atoms in total. The number of hydrazone groups is 1.